The van der Waals surface area contributed by atoms with Crippen molar-refractivity contribution in [1.82, 2.24) is 9.97 Å². The van der Waals surface area contributed by atoms with Crippen molar-refractivity contribution in [3.05, 3.63) is 72.6 Å². The van der Waals surface area contributed by atoms with Gasteiger partial charge in [0.25, 0.3) is 10.0 Å². The number of amides is 1. The number of anilines is 2. The van der Waals surface area contributed by atoms with E-state index in [1.165, 1.54) is 30.1 Å². The lowest BCUT2D eigenvalue weighted by molar-refractivity contribution is -0.115. The van der Waals surface area contributed by atoms with Gasteiger partial charge in [-0.2, -0.15) is 0 Å². The Morgan fingerprint density at radius 1 is 1.03 bits per heavy atom. The minimum Gasteiger partial charge on any atom is -0.325 e. The highest BCUT2D eigenvalue weighted by Gasteiger charge is 2.17. The first-order valence-corrected chi connectivity index (χ1v) is 11.1. The molecule has 2 aromatic carbocycles. The maximum Gasteiger partial charge on any atom is 0.264 e. The molecular formula is C20H20N4O3S2. The second-order valence-electron chi connectivity index (χ2n) is 6.21. The first kappa shape index (κ1) is 20.8. The van der Waals surface area contributed by atoms with Gasteiger partial charge in [0.1, 0.15) is 0 Å². The fraction of sp³-hybridized carbons (Fsp3) is 0.150. The molecule has 29 heavy (non-hydrogen) atoms. The Labute approximate surface area is 174 Å². The minimum atomic E-state index is -3.82. The fourth-order valence-electron chi connectivity index (χ4n) is 2.40. The van der Waals surface area contributed by atoms with Gasteiger partial charge in [-0.25, -0.2) is 23.1 Å². The standard InChI is InChI=1S/C20H20N4O3S2/c1-14-12-13-21-20(22-14)24-29(26,27)18-10-8-16(9-11-18)23-19(25)15(2)28-17-6-4-3-5-7-17/h3-13,15H,1-2H3,(H,23,25)(H,21,22,24)/t15-/m1/s1. The normalized spacial score (nSPS) is 12.2. The molecule has 3 rings (SSSR count). The van der Waals surface area contributed by atoms with Crippen LogP contribution in [0.1, 0.15) is 12.6 Å². The van der Waals surface area contributed by atoms with Gasteiger partial charge in [0.2, 0.25) is 11.9 Å². The number of nitrogens with one attached hydrogen (secondary N) is 2. The van der Waals surface area contributed by atoms with Crippen LogP contribution in [0.25, 0.3) is 0 Å². The topological polar surface area (TPSA) is 101 Å². The third-order valence-corrected chi connectivity index (χ3v) is 6.33. The molecule has 1 aromatic heterocycles. The summed E-state index contributed by atoms with van der Waals surface area (Å²) in [4.78, 5) is 21.4. The van der Waals surface area contributed by atoms with Crippen LogP contribution in [0.3, 0.4) is 0 Å². The largest absolute Gasteiger partial charge is 0.325 e. The van der Waals surface area contributed by atoms with E-state index >= 15 is 0 Å². The van der Waals surface area contributed by atoms with Crippen LogP contribution in [0.2, 0.25) is 0 Å². The van der Waals surface area contributed by atoms with Crippen molar-refractivity contribution in [3.63, 3.8) is 0 Å². The smallest absolute Gasteiger partial charge is 0.264 e. The van der Waals surface area contributed by atoms with Crippen LogP contribution in [0.15, 0.2) is 76.7 Å². The predicted octanol–water partition coefficient (Wildman–Crippen LogP) is 3.71. The predicted molar refractivity (Wildman–Crippen MR) is 114 cm³/mol. The number of aryl methyl sites for hydroxylation is 1. The van der Waals surface area contributed by atoms with Gasteiger partial charge < -0.3 is 5.32 Å². The molecule has 1 atom stereocenters. The number of nitrogens with zero attached hydrogens (tertiary/aromatic N) is 2. The molecule has 0 fully saturated rings. The molecule has 7 nitrogen and oxygen atoms in total. The van der Waals surface area contributed by atoms with E-state index in [2.05, 4.69) is 20.0 Å². The molecule has 0 spiro atoms. The summed E-state index contributed by atoms with van der Waals surface area (Å²) in [5.74, 6) is -0.158. The molecule has 150 valence electrons. The van der Waals surface area contributed by atoms with Gasteiger partial charge in [-0.1, -0.05) is 18.2 Å². The number of hydrogen-bond acceptors (Lipinski definition) is 6. The SMILES string of the molecule is Cc1ccnc(NS(=O)(=O)c2ccc(NC(=O)[C@@H](C)Sc3ccccc3)cc2)n1. The molecule has 0 bridgehead atoms. The average molecular weight is 429 g/mol. The molecule has 0 radical (unpaired) electrons. The van der Waals surface area contributed by atoms with Gasteiger partial charge in [-0.05, 0) is 56.3 Å². The molecule has 0 unspecified atom stereocenters. The van der Waals surface area contributed by atoms with Gasteiger partial charge in [-0.15, -0.1) is 11.8 Å². The van der Waals surface area contributed by atoms with E-state index in [4.69, 9.17) is 0 Å². The van der Waals surface area contributed by atoms with E-state index in [1.807, 2.05) is 37.3 Å². The molecule has 1 heterocycles. The van der Waals surface area contributed by atoms with Crippen LogP contribution in [0.4, 0.5) is 11.6 Å². The Bertz CT molecular complexity index is 1090. The van der Waals surface area contributed by atoms with Crippen molar-refractivity contribution in [2.75, 3.05) is 10.0 Å². The maximum absolute atomic E-state index is 12.5. The zero-order valence-electron chi connectivity index (χ0n) is 15.9. The van der Waals surface area contributed by atoms with Gasteiger partial charge in [-0.3, -0.25) is 4.79 Å². The van der Waals surface area contributed by atoms with E-state index in [9.17, 15) is 13.2 Å². The fourth-order valence-corrected chi connectivity index (χ4v) is 4.23. The van der Waals surface area contributed by atoms with E-state index in [-0.39, 0.29) is 22.0 Å². The second-order valence-corrected chi connectivity index (χ2v) is 9.31. The lowest BCUT2D eigenvalue weighted by atomic mass is 10.3. The van der Waals surface area contributed by atoms with Crippen LogP contribution in [-0.4, -0.2) is 29.5 Å². The number of carbonyl (C=O) groups excluding carboxylic acids is 1. The summed E-state index contributed by atoms with van der Waals surface area (Å²) in [7, 11) is -3.82. The van der Waals surface area contributed by atoms with E-state index < -0.39 is 10.0 Å². The van der Waals surface area contributed by atoms with E-state index in [1.54, 1.807) is 25.1 Å². The number of sulfonamides is 1. The molecule has 9 heteroatoms. The van der Waals surface area contributed by atoms with Crippen molar-refractivity contribution in [3.8, 4) is 0 Å². The summed E-state index contributed by atoms with van der Waals surface area (Å²) < 4.78 is 27.3. The summed E-state index contributed by atoms with van der Waals surface area (Å²) in [6.45, 7) is 3.56. The van der Waals surface area contributed by atoms with Crippen molar-refractivity contribution in [2.45, 2.75) is 28.9 Å². The number of hydrogen-bond donors (Lipinski definition) is 2. The second kappa shape index (κ2) is 9.06. The summed E-state index contributed by atoms with van der Waals surface area (Å²) in [5, 5.41) is 2.49. The minimum absolute atomic E-state index is 0.00846. The first-order chi connectivity index (χ1) is 13.8. The zero-order valence-corrected chi connectivity index (χ0v) is 17.5. The average Bonchev–Trinajstić information content (AvgIpc) is 2.69. The van der Waals surface area contributed by atoms with Crippen LogP contribution >= 0.6 is 11.8 Å². The lowest BCUT2D eigenvalue weighted by Gasteiger charge is -2.12. The maximum atomic E-state index is 12.5. The number of carbonyl (C=O) groups is 1. The molecule has 1 amide bonds. The summed E-state index contributed by atoms with van der Waals surface area (Å²) >= 11 is 1.45. The van der Waals surface area contributed by atoms with Crippen LogP contribution in [-0.2, 0) is 14.8 Å². The quantitative estimate of drug-likeness (QED) is 0.557. The Balaban J connectivity index is 1.64. The molecular weight excluding hydrogens is 408 g/mol. The van der Waals surface area contributed by atoms with Crippen LogP contribution < -0.4 is 10.0 Å². The monoisotopic (exact) mass is 428 g/mol. The summed E-state index contributed by atoms with van der Waals surface area (Å²) in [5.41, 5.74) is 1.17. The molecule has 2 N–H and O–H groups in total. The molecule has 0 saturated carbocycles. The van der Waals surface area contributed by atoms with E-state index in [0.717, 1.165) is 4.90 Å². The highest BCUT2D eigenvalue weighted by molar-refractivity contribution is 8.00. The number of rotatable bonds is 7. The molecule has 0 saturated heterocycles. The molecule has 0 aliphatic heterocycles. The number of aromatic nitrogens is 2. The van der Waals surface area contributed by atoms with Gasteiger partial charge in [0.05, 0.1) is 10.1 Å². The van der Waals surface area contributed by atoms with Crippen molar-refractivity contribution in [1.29, 1.82) is 0 Å². The van der Waals surface area contributed by atoms with Crippen molar-refractivity contribution >= 4 is 39.3 Å². The first-order valence-electron chi connectivity index (χ1n) is 8.78. The van der Waals surface area contributed by atoms with Crippen LogP contribution in [0, 0.1) is 6.92 Å². The Morgan fingerprint density at radius 2 is 1.72 bits per heavy atom. The zero-order chi connectivity index (χ0) is 20.9. The lowest BCUT2D eigenvalue weighted by Crippen LogP contribution is -2.22. The van der Waals surface area contributed by atoms with Crippen molar-refractivity contribution < 1.29 is 13.2 Å². The van der Waals surface area contributed by atoms with Crippen LogP contribution in [0.5, 0.6) is 0 Å². The molecule has 0 aliphatic rings. The molecule has 0 aliphatic carbocycles. The highest BCUT2D eigenvalue weighted by Crippen LogP contribution is 2.24. The summed E-state index contributed by atoms with van der Waals surface area (Å²) in [6.07, 6.45) is 1.48. The summed E-state index contributed by atoms with van der Waals surface area (Å²) in [6, 6.07) is 17.2. The van der Waals surface area contributed by atoms with E-state index in [0.29, 0.717) is 11.4 Å². The van der Waals surface area contributed by atoms with Crippen molar-refractivity contribution in [2.24, 2.45) is 0 Å². The van der Waals surface area contributed by atoms with Gasteiger partial charge in [0.15, 0.2) is 0 Å². The third kappa shape index (κ3) is 5.78. The third-order valence-electron chi connectivity index (χ3n) is 3.88. The number of benzene rings is 2. The number of thioether (sulfide) groups is 1. The Kier molecular flexibility index (Phi) is 6.50. The molecule has 3 aromatic rings. The van der Waals surface area contributed by atoms with Gasteiger partial charge in [0, 0.05) is 22.5 Å². The highest BCUT2D eigenvalue weighted by atomic mass is 32.2. The van der Waals surface area contributed by atoms with Gasteiger partial charge >= 0.3 is 0 Å². The Hall–Kier alpha value is -2.91. The Morgan fingerprint density at radius 3 is 2.38 bits per heavy atom.